The Balaban J connectivity index is 2.66. The minimum atomic E-state index is 0.00250. The summed E-state index contributed by atoms with van der Waals surface area (Å²) in [6.07, 6.45) is 9.54. The zero-order chi connectivity index (χ0) is 14.8. The van der Waals surface area contributed by atoms with Gasteiger partial charge in [0.1, 0.15) is 0 Å². The highest BCUT2D eigenvalue weighted by atomic mass is 15.2. The quantitative estimate of drug-likeness (QED) is 0.836. The first kappa shape index (κ1) is 14.7. The van der Waals surface area contributed by atoms with Gasteiger partial charge in [0.25, 0.3) is 0 Å². The van der Waals surface area contributed by atoms with Gasteiger partial charge in [0.05, 0.1) is 16.9 Å². The van der Waals surface area contributed by atoms with Gasteiger partial charge in [0.2, 0.25) is 0 Å². The van der Waals surface area contributed by atoms with Crippen molar-refractivity contribution < 1.29 is 0 Å². The van der Waals surface area contributed by atoms with Gasteiger partial charge in [-0.25, -0.2) is 0 Å². The van der Waals surface area contributed by atoms with Crippen molar-refractivity contribution in [3.8, 4) is 0 Å². The van der Waals surface area contributed by atoms with Crippen LogP contribution >= 0.6 is 0 Å². The molecule has 2 heteroatoms. The molecule has 2 heterocycles. The highest BCUT2D eigenvalue weighted by molar-refractivity contribution is 5.70. The van der Waals surface area contributed by atoms with Crippen LogP contribution in [0.3, 0.4) is 0 Å². The van der Waals surface area contributed by atoms with Crippen LogP contribution < -0.4 is 5.32 Å². The molecule has 0 radical (unpaired) electrons. The summed E-state index contributed by atoms with van der Waals surface area (Å²) in [6.45, 7) is 12.8. The van der Waals surface area contributed by atoms with E-state index in [1.807, 2.05) is 6.08 Å². The van der Waals surface area contributed by atoms with Crippen molar-refractivity contribution in [2.45, 2.75) is 52.5 Å². The average Bonchev–Trinajstić information content (AvgIpc) is 2.78. The first-order chi connectivity index (χ1) is 9.57. The lowest BCUT2D eigenvalue weighted by molar-refractivity contribution is 0.345. The third kappa shape index (κ3) is 2.35. The molecule has 1 aromatic heterocycles. The van der Waals surface area contributed by atoms with Crippen LogP contribution in [-0.4, -0.2) is 4.57 Å². The molecular weight excluding hydrogens is 244 g/mol. The number of fused-ring (bicyclic) bond motifs is 1. The van der Waals surface area contributed by atoms with Crippen molar-refractivity contribution in [1.29, 1.82) is 0 Å². The van der Waals surface area contributed by atoms with E-state index in [1.54, 1.807) is 0 Å². The Kier molecular flexibility index (Phi) is 4.22. The van der Waals surface area contributed by atoms with E-state index in [4.69, 9.17) is 0 Å². The minimum absolute atomic E-state index is 0.00250. The summed E-state index contributed by atoms with van der Waals surface area (Å²) in [5, 5.41) is 3.76. The van der Waals surface area contributed by atoms with Crippen LogP contribution in [0.2, 0.25) is 0 Å². The summed E-state index contributed by atoms with van der Waals surface area (Å²) in [6, 6.07) is 4.45. The summed E-state index contributed by atoms with van der Waals surface area (Å²) in [4.78, 5) is 0. The molecule has 0 saturated carbocycles. The Labute approximate surface area is 122 Å². The number of aryl methyl sites for hydroxylation is 1. The van der Waals surface area contributed by atoms with Gasteiger partial charge in [0, 0.05) is 11.4 Å². The predicted molar refractivity (Wildman–Crippen MR) is 87.4 cm³/mol. The Hall–Kier alpha value is -1.70. The Morgan fingerprint density at radius 1 is 1.35 bits per heavy atom. The van der Waals surface area contributed by atoms with E-state index in [9.17, 15) is 0 Å². The fourth-order valence-corrected chi connectivity index (χ4v) is 3.16. The Morgan fingerprint density at radius 2 is 2.10 bits per heavy atom. The topological polar surface area (TPSA) is 17.0 Å². The molecule has 1 aromatic rings. The van der Waals surface area contributed by atoms with Crippen molar-refractivity contribution in [2.75, 3.05) is 0 Å². The van der Waals surface area contributed by atoms with E-state index < -0.39 is 0 Å². The van der Waals surface area contributed by atoms with Gasteiger partial charge < -0.3 is 9.88 Å². The van der Waals surface area contributed by atoms with E-state index in [0.717, 1.165) is 19.3 Å². The van der Waals surface area contributed by atoms with E-state index in [2.05, 4.69) is 68.4 Å². The second-order valence-corrected chi connectivity index (χ2v) is 5.72. The minimum Gasteiger partial charge on any atom is -0.373 e. The molecule has 0 saturated heterocycles. The molecule has 2 rings (SSSR count). The predicted octanol–water partition coefficient (Wildman–Crippen LogP) is 4.74. The fourth-order valence-electron chi connectivity index (χ4n) is 3.16. The van der Waals surface area contributed by atoms with Gasteiger partial charge in [-0.05, 0) is 44.9 Å². The highest BCUT2D eigenvalue weighted by Gasteiger charge is 2.35. The van der Waals surface area contributed by atoms with Gasteiger partial charge in [-0.2, -0.15) is 0 Å². The summed E-state index contributed by atoms with van der Waals surface area (Å²) in [7, 11) is 0. The van der Waals surface area contributed by atoms with E-state index in [-0.39, 0.29) is 5.54 Å². The maximum atomic E-state index is 3.86. The zero-order valence-electron chi connectivity index (χ0n) is 13.2. The first-order valence-electron chi connectivity index (χ1n) is 7.58. The molecule has 0 bridgehead atoms. The number of rotatable bonds is 4. The standard InChI is InChI=1S/C18H26N2/c1-6-9-15-16(10-7-2)20-14(4)11-12-17(20)18(5,19-15)13-8-3/h7,9-12,19H,2,6,8,13H2,1,3-5H3/b15-9+,16-10+. The SMILES string of the molecule is C=C/C=C1\C(=C/CC)NC(C)(CCC)c2ccc(C)n21. The van der Waals surface area contributed by atoms with Crippen LogP contribution in [0.4, 0.5) is 0 Å². The molecule has 1 atom stereocenters. The molecule has 1 unspecified atom stereocenters. The monoisotopic (exact) mass is 270 g/mol. The summed E-state index contributed by atoms with van der Waals surface area (Å²) < 4.78 is 2.37. The van der Waals surface area contributed by atoms with Gasteiger partial charge in [-0.1, -0.05) is 39.0 Å². The Bertz CT molecular complexity index is 560. The number of aromatic nitrogens is 1. The molecule has 2 nitrogen and oxygen atoms in total. The second-order valence-electron chi connectivity index (χ2n) is 5.72. The van der Waals surface area contributed by atoms with Crippen LogP contribution in [0.5, 0.6) is 0 Å². The van der Waals surface area contributed by atoms with Gasteiger partial charge >= 0.3 is 0 Å². The fraction of sp³-hybridized carbons (Fsp3) is 0.444. The van der Waals surface area contributed by atoms with Crippen LogP contribution in [0.25, 0.3) is 5.70 Å². The van der Waals surface area contributed by atoms with Crippen molar-refractivity contribution in [3.05, 3.63) is 54.0 Å². The molecular formula is C18H26N2. The molecule has 1 N–H and O–H groups in total. The van der Waals surface area contributed by atoms with Crippen molar-refractivity contribution in [1.82, 2.24) is 9.88 Å². The third-order valence-electron chi connectivity index (χ3n) is 4.00. The average molecular weight is 270 g/mol. The summed E-state index contributed by atoms with van der Waals surface area (Å²) >= 11 is 0. The molecule has 0 spiro atoms. The first-order valence-corrected chi connectivity index (χ1v) is 7.58. The molecule has 1 aliphatic heterocycles. The normalized spacial score (nSPS) is 25.6. The number of hydrogen-bond donors (Lipinski definition) is 1. The summed E-state index contributed by atoms with van der Waals surface area (Å²) in [5.41, 5.74) is 5.04. The van der Waals surface area contributed by atoms with Crippen LogP contribution in [-0.2, 0) is 5.54 Å². The zero-order valence-corrected chi connectivity index (χ0v) is 13.2. The molecule has 0 fully saturated rings. The summed E-state index contributed by atoms with van der Waals surface area (Å²) in [5.74, 6) is 0. The molecule has 108 valence electrons. The lowest BCUT2D eigenvalue weighted by Gasteiger charge is -2.40. The van der Waals surface area contributed by atoms with Crippen LogP contribution in [0, 0.1) is 6.92 Å². The molecule has 0 amide bonds. The van der Waals surface area contributed by atoms with E-state index >= 15 is 0 Å². The molecule has 0 aromatic carbocycles. The van der Waals surface area contributed by atoms with Crippen LogP contribution in [0.15, 0.2) is 42.6 Å². The number of nitrogens with one attached hydrogen (secondary N) is 1. The lowest BCUT2D eigenvalue weighted by Crippen LogP contribution is -2.45. The van der Waals surface area contributed by atoms with Gasteiger partial charge in [-0.3, -0.25) is 0 Å². The van der Waals surface area contributed by atoms with Gasteiger partial charge in [-0.15, -0.1) is 0 Å². The third-order valence-corrected chi connectivity index (χ3v) is 4.00. The number of nitrogens with zero attached hydrogens (tertiary/aromatic N) is 1. The maximum Gasteiger partial charge on any atom is 0.0751 e. The smallest absolute Gasteiger partial charge is 0.0751 e. The van der Waals surface area contributed by atoms with Crippen molar-refractivity contribution >= 4 is 5.70 Å². The number of allylic oxidation sites excluding steroid dienone is 4. The maximum absolute atomic E-state index is 3.86. The second kappa shape index (κ2) is 5.74. The highest BCUT2D eigenvalue weighted by Crippen LogP contribution is 2.38. The van der Waals surface area contributed by atoms with Crippen molar-refractivity contribution in [3.63, 3.8) is 0 Å². The largest absolute Gasteiger partial charge is 0.373 e. The molecule has 20 heavy (non-hydrogen) atoms. The molecule has 0 aliphatic carbocycles. The number of hydrogen-bond acceptors (Lipinski definition) is 1. The van der Waals surface area contributed by atoms with E-state index in [1.165, 1.54) is 22.8 Å². The van der Waals surface area contributed by atoms with Crippen molar-refractivity contribution in [2.24, 2.45) is 0 Å². The Morgan fingerprint density at radius 3 is 2.70 bits per heavy atom. The van der Waals surface area contributed by atoms with E-state index in [0.29, 0.717) is 0 Å². The molecule has 1 aliphatic rings. The lowest BCUT2D eigenvalue weighted by atomic mass is 9.89. The van der Waals surface area contributed by atoms with Gasteiger partial charge in [0.15, 0.2) is 0 Å². The van der Waals surface area contributed by atoms with Crippen LogP contribution in [0.1, 0.15) is 51.4 Å².